The summed E-state index contributed by atoms with van der Waals surface area (Å²) in [4.78, 5) is 25.4. The first-order valence-electron chi connectivity index (χ1n) is 8.01. The molecule has 0 aliphatic rings. The number of benzene rings is 2. The number of rotatable bonds is 7. The molecular weight excluding hydrogens is 323 g/mol. The van der Waals surface area contributed by atoms with Crippen LogP contribution in [0.5, 0.6) is 5.75 Å². The lowest BCUT2D eigenvalue weighted by atomic mass is 10.2. The largest absolute Gasteiger partial charge is 0.494 e. The number of ether oxygens (including phenoxy) is 1. The molecule has 6 heteroatoms. The number of halogens is 1. The number of carbonyl (C=O) groups excluding carboxylic acids is 2. The average Bonchev–Trinajstić information content (AvgIpc) is 2.60. The molecule has 2 rings (SSSR count). The number of nitrogens with one attached hydrogen (secondary N) is 1. The first kappa shape index (κ1) is 18.4. The quantitative estimate of drug-likeness (QED) is 0.840. The van der Waals surface area contributed by atoms with Gasteiger partial charge in [0.15, 0.2) is 0 Å². The highest BCUT2D eigenvalue weighted by Gasteiger charge is 2.15. The van der Waals surface area contributed by atoms with Gasteiger partial charge >= 0.3 is 0 Å². The topological polar surface area (TPSA) is 58.6 Å². The van der Waals surface area contributed by atoms with Crippen LogP contribution in [0, 0.1) is 5.82 Å². The van der Waals surface area contributed by atoms with Gasteiger partial charge in [0.05, 0.1) is 6.61 Å². The van der Waals surface area contributed by atoms with Gasteiger partial charge in [-0.05, 0) is 48.9 Å². The third-order valence-electron chi connectivity index (χ3n) is 3.54. The molecule has 2 amide bonds. The van der Waals surface area contributed by atoms with Gasteiger partial charge in [-0.3, -0.25) is 9.59 Å². The van der Waals surface area contributed by atoms with Crippen LogP contribution in [0.3, 0.4) is 0 Å². The molecule has 132 valence electrons. The second-order valence-electron chi connectivity index (χ2n) is 5.44. The standard InChI is InChI=1S/C19H21FN2O3/c1-3-25-18-10-8-17(9-11-18)22(14(2)23)13-19(24)21-12-15-4-6-16(20)7-5-15/h4-11H,3,12-13H2,1-2H3,(H,21,24). The summed E-state index contributed by atoms with van der Waals surface area (Å²) in [6.45, 7) is 4.03. The van der Waals surface area contributed by atoms with Crippen molar-refractivity contribution >= 4 is 17.5 Å². The molecule has 0 aromatic heterocycles. The highest BCUT2D eigenvalue weighted by molar-refractivity contribution is 5.97. The number of hydrogen-bond acceptors (Lipinski definition) is 3. The number of hydrogen-bond donors (Lipinski definition) is 1. The molecule has 0 fully saturated rings. The summed E-state index contributed by atoms with van der Waals surface area (Å²) in [5, 5.41) is 2.73. The Bertz CT molecular complexity index is 714. The van der Waals surface area contributed by atoms with E-state index in [1.165, 1.54) is 24.0 Å². The summed E-state index contributed by atoms with van der Waals surface area (Å²) in [5.41, 5.74) is 1.40. The normalized spacial score (nSPS) is 10.2. The van der Waals surface area contributed by atoms with Crippen molar-refractivity contribution in [1.82, 2.24) is 5.32 Å². The SMILES string of the molecule is CCOc1ccc(N(CC(=O)NCc2ccc(F)cc2)C(C)=O)cc1. The lowest BCUT2D eigenvalue weighted by Gasteiger charge is -2.21. The van der Waals surface area contributed by atoms with Gasteiger partial charge in [0.2, 0.25) is 11.8 Å². The Morgan fingerprint density at radius 2 is 1.72 bits per heavy atom. The van der Waals surface area contributed by atoms with Crippen LogP contribution in [0.25, 0.3) is 0 Å². The van der Waals surface area contributed by atoms with Crippen molar-refractivity contribution in [3.05, 3.63) is 59.9 Å². The molecule has 0 bridgehead atoms. The predicted octanol–water partition coefficient (Wildman–Crippen LogP) is 2.89. The van der Waals surface area contributed by atoms with Crippen LogP contribution >= 0.6 is 0 Å². The summed E-state index contributed by atoms with van der Waals surface area (Å²) in [7, 11) is 0. The van der Waals surface area contributed by atoms with Gasteiger partial charge < -0.3 is 15.0 Å². The number of amides is 2. The summed E-state index contributed by atoms with van der Waals surface area (Å²) < 4.78 is 18.2. The van der Waals surface area contributed by atoms with E-state index in [1.807, 2.05) is 6.92 Å². The maximum absolute atomic E-state index is 12.9. The first-order chi connectivity index (χ1) is 12.0. The third-order valence-corrected chi connectivity index (χ3v) is 3.54. The Balaban J connectivity index is 1.96. The summed E-state index contributed by atoms with van der Waals surface area (Å²) in [5.74, 6) is -0.154. The molecule has 5 nitrogen and oxygen atoms in total. The minimum atomic E-state index is -0.326. The molecule has 0 spiro atoms. The van der Waals surface area contributed by atoms with E-state index in [2.05, 4.69) is 5.32 Å². The molecule has 0 unspecified atom stereocenters. The lowest BCUT2D eigenvalue weighted by Crippen LogP contribution is -2.39. The van der Waals surface area contributed by atoms with E-state index in [1.54, 1.807) is 36.4 Å². The Hall–Kier alpha value is -2.89. The summed E-state index contributed by atoms with van der Waals surface area (Å²) in [6, 6.07) is 12.9. The summed E-state index contributed by atoms with van der Waals surface area (Å²) in [6.07, 6.45) is 0. The number of carbonyl (C=O) groups is 2. The Labute approximate surface area is 146 Å². The van der Waals surface area contributed by atoms with Crippen molar-refractivity contribution in [2.24, 2.45) is 0 Å². The molecule has 1 N–H and O–H groups in total. The van der Waals surface area contributed by atoms with Crippen molar-refractivity contribution in [1.29, 1.82) is 0 Å². The van der Waals surface area contributed by atoms with Gasteiger partial charge in [-0.15, -0.1) is 0 Å². The van der Waals surface area contributed by atoms with E-state index < -0.39 is 0 Å². The number of anilines is 1. The highest BCUT2D eigenvalue weighted by Crippen LogP contribution is 2.19. The van der Waals surface area contributed by atoms with Gasteiger partial charge in [0.1, 0.15) is 18.1 Å². The van der Waals surface area contributed by atoms with E-state index in [4.69, 9.17) is 4.74 Å². The molecule has 0 radical (unpaired) electrons. The van der Waals surface area contributed by atoms with E-state index in [0.717, 1.165) is 5.56 Å². The third kappa shape index (κ3) is 5.60. The zero-order valence-corrected chi connectivity index (χ0v) is 14.3. The maximum atomic E-state index is 12.9. The van der Waals surface area contributed by atoms with Crippen LogP contribution in [0.4, 0.5) is 10.1 Å². The summed E-state index contributed by atoms with van der Waals surface area (Å²) >= 11 is 0. The van der Waals surface area contributed by atoms with Gasteiger partial charge in [-0.25, -0.2) is 4.39 Å². The second-order valence-corrected chi connectivity index (χ2v) is 5.44. The van der Waals surface area contributed by atoms with Crippen LogP contribution in [-0.2, 0) is 16.1 Å². The minimum Gasteiger partial charge on any atom is -0.494 e. The van der Waals surface area contributed by atoms with E-state index >= 15 is 0 Å². The molecule has 0 aliphatic heterocycles. The lowest BCUT2D eigenvalue weighted by molar-refractivity contribution is -0.123. The minimum absolute atomic E-state index is 0.0927. The van der Waals surface area contributed by atoms with Gasteiger partial charge in [-0.2, -0.15) is 0 Å². The molecular formula is C19H21FN2O3. The molecule has 0 heterocycles. The Morgan fingerprint density at radius 3 is 2.28 bits per heavy atom. The van der Waals surface area contributed by atoms with Crippen molar-refractivity contribution in [2.45, 2.75) is 20.4 Å². The molecule has 0 saturated carbocycles. The smallest absolute Gasteiger partial charge is 0.240 e. The van der Waals surface area contributed by atoms with Gasteiger partial charge in [0.25, 0.3) is 0 Å². The van der Waals surface area contributed by atoms with E-state index in [-0.39, 0.29) is 30.7 Å². The molecule has 25 heavy (non-hydrogen) atoms. The van der Waals surface area contributed by atoms with Crippen molar-refractivity contribution in [3.8, 4) is 5.75 Å². The van der Waals surface area contributed by atoms with E-state index in [9.17, 15) is 14.0 Å². The van der Waals surface area contributed by atoms with Crippen LogP contribution < -0.4 is 15.0 Å². The van der Waals surface area contributed by atoms with Gasteiger partial charge in [0, 0.05) is 19.2 Å². The van der Waals surface area contributed by atoms with E-state index in [0.29, 0.717) is 18.0 Å². The highest BCUT2D eigenvalue weighted by atomic mass is 19.1. The fourth-order valence-electron chi connectivity index (χ4n) is 2.28. The molecule has 0 saturated heterocycles. The zero-order valence-electron chi connectivity index (χ0n) is 14.3. The monoisotopic (exact) mass is 344 g/mol. The zero-order chi connectivity index (χ0) is 18.2. The second kappa shape index (κ2) is 8.82. The fourth-order valence-corrected chi connectivity index (χ4v) is 2.28. The Morgan fingerprint density at radius 1 is 1.08 bits per heavy atom. The van der Waals surface area contributed by atoms with Crippen molar-refractivity contribution in [2.75, 3.05) is 18.1 Å². The molecule has 2 aromatic rings. The van der Waals surface area contributed by atoms with Crippen molar-refractivity contribution in [3.63, 3.8) is 0 Å². The van der Waals surface area contributed by atoms with Crippen LogP contribution in [0.1, 0.15) is 19.4 Å². The predicted molar refractivity (Wildman–Crippen MR) is 93.9 cm³/mol. The number of nitrogens with zero attached hydrogens (tertiary/aromatic N) is 1. The molecule has 2 aromatic carbocycles. The molecule has 0 atom stereocenters. The van der Waals surface area contributed by atoms with Gasteiger partial charge in [-0.1, -0.05) is 12.1 Å². The average molecular weight is 344 g/mol. The van der Waals surface area contributed by atoms with Crippen LogP contribution in [0.15, 0.2) is 48.5 Å². The maximum Gasteiger partial charge on any atom is 0.240 e. The van der Waals surface area contributed by atoms with Crippen LogP contribution in [0.2, 0.25) is 0 Å². The fraction of sp³-hybridized carbons (Fsp3) is 0.263. The Kier molecular flexibility index (Phi) is 6.51. The van der Waals surface area contributed by atoms with Crippen molar-refractivity contribution < 1.29 is 18.7 Å². The van der Waals surface area contributed by atoms with Crippen LogP contribution in [-0.4, -0.2) is 25.0 Å². The molecule has 0 aliphatic carbocycles. The first-order valence-corrected chi connectivity index (χ1v) is 8.01.